The molecule has 76 valence electrons. The first kappa shape index (κ1) is 10.3. The van der Waals surface area contributed by atoms with Crippen molar-refractivity contribution < 1.29 is 9.53 Å². The number of ether oxygens (including phenoxy) is 1. The number of nitrogens with one attached hydrogen (secondary N) is 1. The summed E-state index contributed by atoms with van der Waals surface area (Å²) < 4.78 is 5.27. The van der Waals surface area contributed by atoms with Crippen molar-refractivity contribution in [2.75, 3.05) is 21.2 Å². The Balaban J connectivity index is 2.39. The van der Waals surface area contributed by atoms with Gasteiger partial charge in [-0.15, -0.1) is 0 Å². The third-order valence-corrected chi connectivity index (χ3v) is 2.47. The van der Waals surface area contributed by atoms with Gasteiger partial charge < -0.3 is 15.0 Å². The van der Waals surface area contributed by atoms with E-state index in [1.165, 1.54) is 0 Å². The Labute approximate surface area is 79.2 Å². The van der Waals surface area contributed by atoms with Crippen molar-refractivity contribution in [2.24, 2.45) is 0 Å². The molecule has 0 unspecified atom stereocenters. The Bertz CT molecular complexity index is 182. The van der Waals surface area contributed by atoms with Crippen LogP contribution in [0.15, 0.2) is 0 Å². The Hall–Kier alpha value is -0.770. The summed E-state index contributed by atoms with van der Waals surface area (Å²) >= 11 is 0. The predicted molar refractivity (Wildman–Crippen MR) is 50.7 cm³/mol. The normalized spacial score (nSPS) is 27.3. The first-order valence-electron chi connectivity index (χ1n) is 4.65. The number of hydrogen-bond acceptors (Lipinski definition) is 2. The van der Waals surface area contributed by atoms with Gasteiger partial charge in [0.25, 0.3) is 0 Å². The van der Waals surface area contributed by atoms with Gasteiger partial charge in [-0.05, 0) is 19.3 Å². The zero-order valence-corrected chi connectivity index (χ0v) is 8.54. The molecular weight excluding hydrogens is 168 g/mol. The highest BCUT2D eigenvalue weighted by Gasteiger charge is 2.28. The average Bonchev–Trinajstić information content (AvgIpc) is 2.51. The van der Waals surface area contributed by atoms with E-state index in [0.29, 0.717) is 0 Å². The number of carbonyl (C=O) groups is 1. The van der Waals surface area contributed by atoms with Crippen molar-refractivity contribution in [2.45, 2.75) is 31.4 Å². The summed E-state index contributed by atoms with van der Waals surface area (Å²) in [5.74, 6) is 0. The summed E-state index contributed by atoms with van der Waals surface area (Å²) in [6.07, 6.45) is 3.41. The molecule has 0 aliphatic heterocycles. The molecule has 0 aromatic heterocycles. The van der Waals surface area contributed by atoms with Crippen LogP contribution in [0.3, 0.4) is 0 Å². The Morgan fingerprint density at radius 3 is 2.69 bits per heavy atom. The molecule has 1 N–H and O–H groups in total. The number of hydrogen-bond donors (Lipinski definition) is 1. The molecule has 1 rings (SSSR count). The van der Waals surface area contributed by atoms with E-state index >= 15 is 0 Å². The molecule has 0 bridgehead atoms. The Morgan fingerprint density at radius 1 is 1.46 bits per heavy atom. The number of urea groups is 1. The van der Waals surface area contributed by atoms with Crippen molar-refractivity contribution in [3.05, 3.63) is 0 Å². The lowest BCUT2D eigenvalue weighted by Crippen LogP contribution is -2.45. The lowest BCUT2D eigenvalue weighted by atomic mass is 10.2. The molecule has 0 radical (unpaired) electrons. The van der Waals surface area contributed by atoms with E-state index in [4.69, 9.17) is 4.74 Å². The van der Waals surface area contributed by atoms with Crippen molar-refractivity contribution in [3.8, 4) is 0 Å². The maximum atomic E-state index is 11.3. The third-order valence-electron chi connectivity index (χ3n) is 2.47. The van der Waals surface area contributed by atoms with Crippen LogP contribution in [0, 0.1) is 0 Å². The minimum absolute atomic E-state index is 0.0334. The maximum Gasteiger partial charge on any atom is 0.317 e. The second-order valence-electron chi connectivity index (χ2n) is 3.66. The fraction of sp³-hybridized carbons (Fsp3) is 0.889. The van der Waals surface area contributed by atoms with Crippen LogP contribution in [0.1, 0.15) is 19.3 Å². The van der Waals surface area contributed by atoms with Crippen LogP contribution in [-0.4, -0.2) is 44.3 Å². The van der Waals surface area contributed by atoms with Gasteiger partial charge in [0.1, 0.15) is 0 Å². The quantitative estimate of drug-likeness (QED) is 0.694. The van der Waals surface area contributed by atoms with Crippen LogP contribution in [0.2, 0.25) is 0 Å². The topological polar surface area (TPSA) is 41.6 Å². The molecule has 0 aromatic rings. The molecule has 2 atom stereocenters. The number of methoxy groups -OCH3 is 1. The van der Waals surface area contributed by atoms with Crippen molar-refractivity contribution in [1.82, 2.24) is 10.2 Å². The van der Waals surface area contributed by atoms with E-state index < -0.39 is 0 Å². The summed E-state index contributed by atoms with van der Waals surface area (Å²) in [7, 11) is 5.18. The summed E-state index contributed by atoms with van der Waals surface area (Å²) in [6.45, 7) is 0. The second kappa shape index (κ2) is 4.46. The van der Waals surface area contributed by atoms with Gasteiger partial charge in [0, 0.05) is 21.2 Å². The molecule has 0 saturated heterocycles. The van der Waals surface area contributed by atoms with E-state index in [-0.39, 0.29) is 18.2 Å². The molecule has 4 nitrogen and oxygen atoms in total. The Kier molecular flexibility index (Phi) is 3.54. The monoisotopic (exact) mass is 186 g/mol. The van der Waals surface area contributed by atoms with E-state index in [9.17, 15) is 4.79 Å². The van der Waals surface area contributed by atoms with Gasteiger partial charge in [-0.1, -0.05) is 0 Å². The molecule has 1 aliphatic carbocycles. The minimum Gasteiger partial charge on any atom is -0.379 e. The van der Waals surface area contributed by atoms with Crippen LogP contribution in [0.4, 0.5) is 4.79 Å². The maximum absolute atomic E-state index is 11.3. The fourth-order valence-electron chi connectivity index (χ4n) is 1.66. The predicted octanol–water partition coefficient (Wildman–Crippen LogP) is 0.825. The molecule has 0 spiro atoms. The molecular formula is C9H18N2O2. The number of amides is 2. The smallest absolute Gasteiger partial charge is 0.317 e. The van der Waals surface area contributed by atoms with Crippen molar-refractivity contribution in [3.63, 3.8) is 0 Å². The van der Waals surface area contributed by atoms with Gasteiger partial charge in [-0.25, -0.2) is 4.79 Å². The summed E-state index contributed by atoms with van der Waals surface area (Å²) in [4.78, 5) is 12.9. The van der Waals surface area contributed by atoms with E-state index in [2.05, 4.69) is 5.32 Å². The molecule has 1 saturated carbocycles. The lowest BCUT2D eigenvalue weighted by molar-refractivity contribution is 0.0859. The second-order valence-corrected chi connectivity index (χ2v) is 3.66. The number of carbonyl (C=O) groups excluding carboxylic acids is 1. The van der Waals surface area contributed by atoms with Crippen LogP contribution in [0.5, 0.6) is 0 Å². The fourth-order valence-corrected chi connectivity index (χ4v) is 1.66. The average molecular weight is 186 g/mol. The molecule has 0 heterocycles. The summed E-state index contributed by atoms with van der Waals surface area (Å²) in [5, 5.41) is 2.94. The van der Waals surface area contributed by atoms with Gasteiger partial charge in [-0.3, -0.25) is 0 Å². The molecule has 2 amide bonds. The first-order chi connectivity index (χ1) is 6.15. The summed E-state index contributed by atoms with van der Waals surface area (Å²) in [6, 6.07) is 0.161. The van der Waals surface area contributed by atoms with E-state index in [1.54, 1.807) is 26.1 Å². The van der Waals surface area contributed by atoms with E-state index in [0.717, 1.165) is 19.3 Å². The molecule has 13 heavy (non-hydrogen) atoms. The number of rotatable bonds is 2. The summed E-state index contributed by atoms with van der Waals surface area (Å²) in [5.41, 5.74) is 0. The van der Waals surface area contributed by atoms with Gasteiger partial charge in [0.2, 0.25) is 0 Å². The first-order valence-corrected chi connectivity index (χ1v) is 4.65. The zero-order valence-electron chi connectivity index (χ0n) is 8.54. The molecule has 1 aliphatic rings. The zero-order chi connectivity index (χ0) is 9.84. The van der Waals surface area contributed by atoms with E-state index in [1.807, 2.05) is 0 Å². The lowest BCUT2D eigenvalue weighted by Gasteiger charge is -2.21. The highest BCUT2D eigenvalue weighted by atomic mass is 16.5. The molecule has 0 aromatic carbocycles. The van der Waals surface area contributed by atoms with Crippen molar-refractivity contribution >= 4 is 6.03 Å². The van der Waals surface area contributed by atoms with Crippen molar-refractivity contribution in [1.29, 1.82) is 0 Å². The van der Waals surface area contributed by atoms with Crippen LogP contribution in [-0.2, 0) is 4.74 Å². The van der Waals surface area contributed by atoms with Gasteiger partial charge in [0.05, 0.1) is 12.1 Å². The van der Waals surface area contributed by atoms with Gasteiger partial charge in [0.15, 0.2) is 0 Å². The third kappa shape index (κ3) is 2.59. The standard InChI is InChI=1S/C9H18N2O2/c1-11(2)9(12)10-7-5-4-6-8(7)13-3/h7-8H,4-6H2,1-3H3,(H,10,12)/t7-,8-/m1/s1. The van der Waals surface area contributed by atoms with Crippen LogP contribution < -0.4 is 5.32 Å². The van der Waals surface area contributed by atoms with Gasteiger partial charge >= 0.3 is 6.03 Å². The SMILES string of the molecule is CO[C@@H]1CCC[C@H]1NC(=O)N(C)C. The highest BCUT2D eigenvalue weighted by molar-refractivity contribution is 5.73. The largest absolute Gasteiger partial charge is 0.379 e. The Morgan fingerprint density at radius 2 is 2.15 bits per heavy atom. The minimum atomic E-state index is -0.0334. The van der Waals surface area contributed by atoms with Gasteiger partial charge in [-0.2, -0.15) is 0 Å². The number of nitrogens with zero attached hydrogens (tertiary/aromatic N) is 1. The molecule has 1 fully saturated rings. The van der Waals surface area contributed by atoms with Crippen LogP contribution >= 0.6 is 0 Å². The highest BCUT2D eigenvalue weighted by Crippen LogP contribution is 2.21. The molecule has 4 heteroatoms. The van der Waals surface area contributed by atoms with Crippen LogP contribution in [0.25, 0.3) is 0 Å².